The third kappa shape index (κ3) is 5.96. The van der Waals surface area contributed by atoms with Crippen LogP contribution >= 0.6 is 11.3 Å². The molecule has 31 heavy (non-hydrogen) atoms. The average Bonchev–Trinajstić information content (AvgIpc) is 3.14. The van der Waals surface area contributed by atoms with Gasteiger partial charge in [0, 0.05) is 24.2 Å². The summed E-state index contributed by atoms with van der Waals surface area (Å²) in [7, 11) is 0. The van der Waals surface area contributed by atoms with Crippen LogP contribution in [0.5, 0.6) is 5.75 Å². The molecule has 164 valence electrons. The van der Waals surface area contributed by atoms with E-state index in [1.807, 2.05) is 12.3 Å². The van der Waals surface area contributed by atoms with Gasteiger partial charge in [-0.1, -0.05) is 18.2 Å². The molecule has 0 fully saturated rings. The number of rotatable bonds is 8. The minimum Gasteiger partial charge on any atom is -0.491 e. The minimum atomic E-state index is -4.46. The van der Waals surface area contributed by atoms with Crippen LogP contribution in [0.1, 0.15) is 27.2 Å². The Hall–Kier alpha value is -3.11. The Kier molecular flexibility index (Phi) is 7.13. The van der Waals surface area contributed by atoms with E-state index >= 15 is 0 Å². The van der Waals surface area contributed by atoms with Gasteiger partial charge in [0.15, 0.2) is 5.13 Å². The van der Waals surface area contributed by atoms with E-state index in [-0.39, 0.29) is 30.9 Å². The summed E-state index contributed by atoms with van der Waals surface area (Å²) >= 11 is 1.30. The van der Waals surface area contributed by atoms with E-state index < -0.39 is 17.6 Å². The van der Waals surface area contributed by atoms with E-state index in [2.05, 4.69) is 15.6 Å². The Morgan fingerprint density at radius 2 is 2.00 bits per heavy atom. The van der Waals surface area contributed by atoms with Gasteiger partial charge in [-0.3, -0.25) is 10.1 Å². The number of benzene rings is 2. The molecule has 2 aromatic carbocycles. The number of hydrogen-bond donors (Lipinski definition) is 3. The van der Waals surface area contributed by atoms with Crippen molar-refractivity contribution in [2.24, 2.45) is 5.73 Å². The van der Waals surface area contributed by atoms with Crippen molar-refractivity contribution in [3.63, 3.8) is 0 Å². The van der Waals surface area contributed by atoms with Crippen LogP contribution in [0, 0.1) is 6.92 Å². The number of aromatic nitrogens is 1. The average molecular weight is 450 g/mol. The monoisotopic (exact) mass is 450 g/mol. The van der Waals surface area contributed by atoms with Crippen molar-refractivity contribution >= 4 is 28.1 Å². The highest BCUT2D eigenvalue weighted by Crippen LogP contribution is 2.35. The normalized spacial score (nSPS) is 11.3. The van der Waals surface area contributed by atoms with Crippen LogP contribution in [0.25, 0.3) is 0 Å². The summed E-state index contributed by atoms with van der Waals surface area (Å²) in [6.45, 7) is 2.36. The van der Waals surface area contributed by atoms with E-state index in [0.29, 0.717) is 16.4 Å². The number of aryl methyl sites for hydroxylation is 1. The molecular formula is C21H21F3N4O2S. The molecule has 4 N–H and O–H groups in total. The van der Waals surface area contributed by atoms with Gasteiger partial charge in [0.2, 0.25) is 0 Å². The summed E-state index contributed by atoms with van der Waals surface area (Å²) in [5.41, 5.74) is 6.45. The van der Waals surface area contributed by atoms with Gasteiger partial charge in [0.25, 0.3) is 5.91 Å². The van der Waals surface area contributed by atoms with Crippen LogP contribution in [0.4, 0.5) is 24.0 Å². The highest BCUT2D eigenvalue weighted by Gasteiger charge is 2.33. The Labute approximate surface area is 181 Å². The summed E-state index contributed by atoms with van der Waals surface area (Å²) in [5, 5.41) is 7.79. The largest absolute Gasteiger partial charge is 0.491 e. The highest BCUT2D eigenvalue weighted by molar-refractivity contribution is 7.13. The molecule has 3 rings (SSSR count). The Morgan fingerprint density at radius 3 is 2.68 bits per heavy atom. The summed E-state index contributed by atoms with van der Waals surface area (Å²) in [4.78, 5) is 16.9. The smallest absolute Gasteiger partial charge is 0.418 e. The number of halogens is 3. The summed E-state index contributed by atoms with van der Waals surface area (Å²) in [6, 6.07) is 10.1. The highest BCUT2D eigenvalue weighted by atomic mass is 32.1. The molecule has 6 nitrogen and oxygen atoms in total. The number of anilines is 2. The van der Waals surface area contributed by atoms with Gasteiger partial charge in [-0.15, -0.1) is 11.3 Å². The predicted octanol–water partition coefficient (Wildman–Crippen LogP) is 4.67. The van der Waals surface area contributed by atoms with E-state index in [1.54, 1.807) is 18.2 Å². The lowest BCUT2D eigenvalue weighted by atomic mass is 10.1. The molecule has 0 saturated carbocycles. The Morgan fingerprint density at radius 1 is 1.23 bits per heavy atom. The SMILES string of the molecule is Cc1csc(NC(=O)c2ccc(CNc3ccccc3C(F)(F)F)cc2OCCN)n1. The number of nitrogens with two attached hydrogens (primary N) is 1. The molecule has 0 unspecified atom stereocenters. The maximum absolute atomic E-state index is 13.2. The fraction of sp³-hybridized carbons (Fsp3) is 0.238. The zero-order chi connectivity index (χ0) is 22.4. The van der Waals surface area contributed by atoms with Crippen molar-refractivity contribution in [1.82, 2.24) is 4.98 Å². The maximum atomic E-state index is 13.2. The number of carbonyl (C=O) groups excluding carboxylic acids is 1. The van der Waals surface area contributed by atoms with Crippen molar-refractivity contribution in [3.05, 3.63) is 70.2 Å². The Bertz CT molecular complexity index is 1050. The molecule has 1 heterocycles. The van der Waals surface area contributed by atoms with Crippen LogP contribution < -0.4 is 21.1 Å². The summed E-state index contributed by atoms with van der Waals surface area (Å²) in [6.07, 6.45) is -4.46. The Balaban J connectivity index is 1.79. The third-order valence-corrected chi connectivity index (χ3v) is 5.10. The quantitative estimate of drug-likeness (QED) is 0.464. The van der Waals surface area contributed by atoms with E-state index in [4.69, 9.17) is 10.5 Å². The van der Waals surface area contributed by atoms with Gasteiger partial charge < -0.3 is 15.8 Å². The molecular weight excluding hydrogens is 429 g/mol. The lowest BCUT2D eigenvalue weighted by Crippen LogP contribution is -2.17. The second-order valence-electron chi connectivity index (χ2n) is 6.61. The second-order valence-corrected chi connectivity index (χ2v) is 7.47. The van der Waals surface area contributed by atoms with Crippen LogP contribution in [0.2, 0.25) is 0 Å². The molecule has 0 aliphatic heterocycles. The van der Waals surface area contributed by atoms with Crippen molar-refractivity contribution < 1.29 is 22.7 Å². The van der Waals surface area contributed by atoms with Crippen molar-refractivity contribution in [2.45, 2.75) is 19.6 Å². The number of nitrogens with zero attached hydrogens (tertiary/aromatic N) is 1. The van der Waals surface area contributed by atoms with Gasteiger partial charge >= 0.3 is 6.18 Å². The fourth-order valence-corrected chi connectivity index (χ4v) is 3.49. The third-order valence-electron chi connectivity index (χ3n) is 4.22. The van der Waals surface area contributed by atoms with Crippen LogP contribution in [-0.4, -0.2) is 24.0 Å². The number of carbonyl (C=O) groups is 1. The predicted molar refractivity (Wildman–Crippen MR) is 115 cm³/mol. The molecule has 10 heteroatoms. The van der Waals surface area contributed by atoms with Crippen LogP contribution in [-0.2, 0) is 12.7 Å². The van der Waals surface area contributed by atoms with Gasteiger partial charge in [-0.2, -0.15) is 13.2 Å². The minimum absolute atomic E-state index is 0.0274. The zero-order valence-electron chi connectivity index (χ0n) is 16.6. The number of para-hydroxylation sites is 1. The zero-order valence-corrected chi connectivity index (χ0v) is 17.4. The van der Waals surface area contributed by atoms with Gasteiger partial charge in [0.1, 0.15) is 12.4 Å². The van der Waals surface area contributed by atoms with Crippen LogP contribution in [0.3, 0.4) is 0 Å². The lowest BCUT2D eigenvalue weighted by Gasteiger charge is -2.16. The summed E-state index contributed by atoms with van der Waals surface area (Å²) < 4.78 is 45.1. The van der Waals surface area contributed by atoms with E-state index in [1.165, 1.54) is 29.5 Å². The van der Waals surface area contributed by atoms with Crippen molar-refractivity contribution in [1.29, 1.82) is 0 Å². The topological polar surface area (TPSA) is 89.3 Å². The number of nitrogens with one attached hydrogen (secondary N) is 2. The number of alkyl halides is 3. The standard InChI is InChI=1S/C21H21F3N4O2S/c1-13-12-31-20(27-13)28-19(29)15-7-6-14(10-18(15)30-9-8-25)11-26-17-5-3-2-4-16(17)21(22,23)24/h2-7,10,12,26H,8-9,11,25H2,1H3,(H,27,28,29). The molecule has 0 radical (unpaired) electrons. The molecule has 0 spiro atoms. The molecule has 1 amide bonds. The van der Waals surface area contributed by atoms with E-state index in [0.717, 1.165) is 11.8 Å². The first-order valence-electron chi connectivity index (χ1n) is 9.37. The molecule has 0 bridgehead atoms. The first kappa shape index (κ1) is 22.6. The number of hydrogen-bond acceptors (Lipinski definition) is 6. The molecule has 3 aromatic rings. The molecule has 1 aromatic heterocycles. The second kappa shape index (κ2) is 9.80. The first-order chi connectivity index (χ1) is 14.8. The van der Waals surface area contributed by atoms with Gasteiger partial charge in [-0.25, -0.2) is 4.98 Å². The first-order valence-corrected chi connectivity index (χ1v) is 10.2. The summed E-state index contributed by atoms with van der Waals surface area (Å²) in [5.74, 6) is -0.108. The molecule has 0 saturated heterocycles. The molecule has 0 atom stereocenters. The van der Waals surface area contributed by atoms with Gasteiger partial charge in [-0.05, 0) is 36.8 Å². The van der Waals surface area contributed by atoms with Crippen molar-refractivity contribution in [2.75, 3.05) is 23.8 Å². The van der Waals surface area contributed by atoms with E-state index in [9.17, 15) is 18.0 Å². The van der Waals surface area contributed by atoms with Crippen molar-refractivity contribution in [3.8, 4) is 5.75 Å². The number of thiazole rings is 1. The van der Waals surface area contributed by atoms with Crippen LogP contribution in [0.15, 0.2) is 47.8 Å². The fourth-order valence-electron chi connectivity index (χ4n) is 2.81. The van der Waals surface area contributed by atoms with Gasteiger partial charge in [0.05, 0.1) is 16.8 Å². The maximum Gasteiger partial charge on any atom is 0.418 e. The molecule has 0 aliphatic rings. The molecule has 0 aliphatic carbocycles. The lowest BCUT2D eigenvalue weighted by molar-refractivity contribution is -0.137. The number of amides is 1. The number of ether oxygens (including phenoxy) is 1.